The SMILES string of the molecule is C[N+](C)(C)C=Cc1ccc([N+](=O)[O-])o1.[Br-]. The summed E-state index contributed by atoms with van der Waals surface area (Å²) in [5.74, 6) is 0.260. The summed E-state index contributed by atoms with van der Waals surface area (Å²) in [7, 11) is 5.94. The second-order valence-electron chi connectivity index (χ2n) is 3.87. The van der Waals surface area contributed by atoms with Crippen LogP contribution in [0.15, 0.2) is 22.7 Å². The normalized spacial score (nSPS) is 11.4. The Kier molecular flexibility index (Phi) is 4.70. The molecule has 0 radical (unpaired) electrons. The molecule has 1 aromatic rings. The van der Waals surface area contributed by atoms with Crippen molar-refractivity contribution in [3.8, 4) is 0 Å². The van der Waals surface area contributed by atoms with Crippen LogP contribution in [0.3, 0.4) is 0 Å². The molecule has 0 atom stereocenters. The van der Waals surface area contributed by atoms with Crippen LogP contribution in [0.2, 0.25) is 0 Å². The molecule has 0 unspecified atom stereocenters. The van der Waals surface area contributed by atoms with E-state index in [4.69, 9.17) is 4.42 Å². The third kappa shape index (κ3) is 4.75. The largest absolute Gasteiger partial charge is 1.00 e. The van der Waals surface area contributed by atoms with Crippen LogP contribution in [0.25, 0.3) is 6.08 Å². The minimum Gasteiger partial charge on any atom is -1.00 e. The maximum atomic E-state index is 10.3. The number of quaternary nitrogens is 1. The minimum atomic E-state index is -0.552. The van der Waals surface area contributed by atoms with Crippen molar-refractivity contribution in [2.45, 2.75) is 0 Å². The Labute approximate surface area is 98.5 Å². The van der Waals surface area contributed by atoms with Crippen molar-refractivity contribution < 1.29 is 30.8 Å². The molecule has 0 N–H and O–H groups in total. The van der Waals surface area contributed by atoms with Crippen molar-refractivity contribution in [1.82, 2.24) is 0 Å². The molecule has 0 aliphatic heterocycles. The molecular formula is C9H13BrN2O3. The van der Waals surface area contributed by atoms with Crippen LogP contribution >= 0.6 is 0 Å². The van der Waals surface area contributed by atoms with Gasteiger partial charge in [-0.1, -0.05) is 0 Å². The lowest BCUT2D eigenvalue weighted by Gasteiger charge is -2.16. The fraction of sp³-hybridized carbons (Fsp3) is 0.333. The highest BCUT2D eigenvalue weighted by Crippen LogP contribution is 2.16. The highest BCUT2D eigenvalue weighted by atomic mass is 79.9. The average molecular weight is 277 g/mol. The Morgan fingerprint density at radius 1 is 1.40 bits per heavy atom. The van der Waals surface area contributed by atoms with E-state index in [-0.39, 0.29) is 22.9 Å². The molecule has 0 aliphatic carbocycles. The molecule has 0 fully saturated rings. The Bertz CT molecular complexity index is 366. The maximum Gasteiger partial charge on any atom is 0.433 e. The molecule has 5 nitrogen and oxygen atoms in total. The Balaban J connectivity index is 0.00000196. The number of halogens is 1. The molecule has 0 saturated carbocycles. The lowest BCUT2D eigenvalue weighted by atomic mass is 10.4. The molecule has 15 heavy (non-hydrogen) atoms. The highest BCUT2D eigenvalue weighted by molar-refractivity contribution is 5.43. The molecule has 0 aromatic carbocycles. The zero-order valence-corrected chi connectivity index (χ0v) is 10.4. The van der Waals surface area contributed by atoms with Crippen LogP contribution in [0, 0.1) is 10.1 Å². The van der Waals surface area contributed by atoms with Crippen molar-refractivity contribution in [2.24, 2.45) is 0 Å². The molecule has 1 heterocycles. The topological polar surface area (TPSA) is 56.3 Å². The van der Waals surface area contributed by atoms with Crippen LogP contribution < -0.4 is 17.0 Å². The molecule has 6 heteroatoms. The summed E-state index contributed by atoms with van der Waals surface area (Å²) < 4.78 is 5.58. The Morgan fingerprint density at radius 3 is 2.40 bits per heavy atom. The van der Waals surface area contributed by atoms with E-state index in [1.54, 1.807) is 12.1 Å². The first-order chi connectivity index (χ1) is 6.38. The average Bonchev–Trinajstić information content (AvgIpc) is 2.47. The summed E-state index contributed by atoms with van der Waals surface area (Å²) >= 11 is 0. The predicted molar refractivity (Wildman–Crippen MR) is 52.4 cm³/mol. The summed E-state index contributed by atoms with van der Waals surface area (Å²) in [4.78, 5) is 9.75. The van der Waals surface area contributed by atoms with E-state index in [0.29, 0.717) is 10.2 Å². The van der Waals surface area contributed by atoms with Gasteiger partial charge in [0.15, 0.2) is 0 Å². The summed E-state index contributed by atoms with van der Waals surface area (Å²) in [6.07, 6.45) is 3.59. The zero-order valence-electron chi connectivity index (χ0n) is 8.81. The van der Waals surface area contributed by atoms with Crippen LogP contribution in [-0.4, -0.2) is 30.5 Å². The van der Waals surface area contributed by atoms with Gasteiger partial charge in [-0.2, -0.15) is 0 Å². The van der Waals surface area contributed by atoms with E-state index in [1.807, 2.05) is 27.3 Å². The summed E-state index contributed by atoms with van der Waals surface area (Å²) in [5, 5.41) is 10.3. The van der Waals surface area contributed by atoms with Gasteiger partial charge >= 0.3 is 5.88 Å². The van der Waals surface area contributed by atoms with Gasteiger partial charge in [-0.25, -0.2) is 0 Å². The molecule has 1 rings (SSSR count). The Hall–Kier alpha value is -1.14. The Morgan fingerprint density at radius 2 is 2.00 bits per heavy atom. The molecule has 0 aliphatic rings. The predicted octanol–water partition coefficient (Wildman–Crippen LogP) is -1.13. The smallest absolute Gasteiger partial charge is 0.433 e. The van der Waals surface area contributed by atoms with Gasteiger partial charge in [-0.3, -0.25) is 10.1 Å². The highest BCUT2D eigenvalue weighted by Gasteiger charge is 2.10. The van der Waals surface area contributed by atoms with Crippen LogP contribution in [0.5, 0.6) is 0 Å². The third-order valence-corrected chi connectivity index (χ3v) is 1.48. The fourth-order valence-electron chi connectivity index (χ4n) is 0.827. The number of hydrogen-bond acceptors (Lipinski definition) is 3. The minimum absolute atomic E-state index is 0. The van der Waals surface area contributed by atoms with Gasteiger partial charge in [0.05, 0.1) is 33.4 Å². The van der Waals surface area contributed by atoms with Crippen LogP contribution in [0.1, 0.15) is 5.76 Å². The standard InChI is InChI=1S/C9H13N2O3.BrH/c1-11(2,3)7-6-8-4-5-9(14-8)10(12)13;/h4-7H,1-3H3;1H/q+1;/p-1. The van der Waals surface area contributed by atoms with Gasteiger partial charge in [0.25, 0.3) is 0 Å². The van der Waals surface area contributed by atoms with Crippen LogP contribution in [0.4, 0.5) is 5.88 Å². The van der Waals surface area contributed by atoms with E-state index in [2.05, 4.69) is 0 Å². The maximum absolute atomic E-state index is 10.3. The van der Waals surface area contributed by atoms with Crippen molar-refractivity contribution in [2.75, 3.05) is 21.1 Å². The molecule has 0 bridgehead atoms. The van der Waals surface area contributed by atoms with Crippen LogP contribution in [-0.2, 0) is 0 Å². The summed E-state index contributed by atoms with van der Waals surface area (Å²) in [6.45, 7) is 0. The quantitative estimate of drug-likeness (QED) is 0.399. The van der Waals surface area contributed by atoms with Gasteiger partial charge in [-0.15, -0.1) is 0 Å². The van der Waals surface area contributed by atoms with Gasteiger partial charge in [-0.05, 0) is 6.07 Å². The monoisotopic (exact) mass is 276 g/mol. The number of hydrogen-bond donors (Lipinski definition) is 0. The van der Waals surface area contributed by atoms with Crippen molar-refractivity contribution >= 4 is 12.0 Å². The van der Waals surface area contributed by atoms with E-state index < -0.39 is 4.92 Å². The van der Waals surface area contributed by atoms with E-state index >= 15 is 0 Å². The first-order valence-corrected chi connectivity index (χ1v) is 4.13. The second kappa shape index (κ2) is 5.09. The number of nitrogens with zero attached hydrogens (tertiary/aromatic N) is 2. The van der Waals surface area contributed by atoms with Gasteiger partial charge in [0.1, 0.15) is 10.7 Å². The summed E-state index contributed by atoms with van der Waals surface area (Å²) in [5.41, 5.74) is 0. The molecule has 0 amide bonds. The van der Waals surface area contributed by atoms with Gasteiger partial charge in [0.2, 0.25) is 0 Å². The molecule has 84 valence electrons. The molecular weight excluding hydrogens is 264 g/mol. The molecule has 1 aromatic heterocycles. The first-order valence-electron chi connectivity index (χ1n) is 4.13. The molecule has 0 saturated heterocycles. The number of nitro groups is 1. The van der Waals surface area contributed by atoms with E-state index in [0.717, 1.165) is 0 Å². The third-order valence-electron chi connectivity index (χ3n) is 1.48. The van der Waals surface area contributed by atoms with E-state index in [9.17, 15) is 10.1 Å². The fourth-order valence-corrected chi connectivity index (χ4v) is 0.827. The van der Waals surface area contributed by atoms with Crippen molar-refractivity contribution in [3.05, 3.63) is 34.2 Å². The lowest BCUT2D eigenvalue weighted by molar-refractivity contribution is -0.816. The first kappa shape index (κ1) is 13.9. The number of rotatable bonds is 3. The van der Waals surface area contributed by atoms with E-state index in [1.165, 1.54) is 6.07 Å². The second-order valence-corrected chi connectivity index (χ2v) is 3.87. The molecule has 0 spiro atoms. The zero-order chi connectivity index (χ0) is 10.8. The van der Waals surface area contributed by atoms with Gasteiger partial charge < -0.3 is 25.9 Å². The lowest BCUT2D eigenvalue weighted by Crippen LogP contribution is -3.00. The number of furan rings is 1. The summed E-state index contributed by atoms with van der Waals surface area (Å²) in [6, 6.07) is 2.92. The van der Waals surface area contributed by atoms with Gasteiger partial charge in [0, 0.05) is 6.08 Å². The van der Waals surface area contributed by atoms with Crippen molar-refractivity contribution in [1.29, 1.82) is 0 Å². The van der Waals surface area contributed by atoms with Crippen molar-refractivity contribution in [3.63, 3.8) is 0 Å².